The predicted octanol–water partition coefficient (Wildman–Crippen LogP) is 9.17. The molecule has 1 aliphatic heterocycles. The largest absolute Gasteiger partial charge is 0.290 e. The van der Waals surface area contributed by atoms with Crippen LogP contribution in [0.1, 0.15) is 22.6 Å². The molecule has 2 unspecified atom stereocenters. The Balaban J connectivity index is 1.49. The van der Waals surface area contributed by atoms with E-state index in [9.17, 15) is 0 Å². The van der Waals surface area contributed by atoms with Crippen LogP contribution in [0, 0.1) is 0 Å². The molecule has 3 nitrogen and oxygen atoms in total. The van der Waals surface area contributed by atoms with E-state index >= 15 is 0 Å². The lowest BCUT2D eigenvalue weighted by atomic mass is 9.80. The van der Waals surface area contributed by atoms with Gasteiger partial charge in [-0.3, -0.25) is 4.57 Å². The fraction of sp³-hybridized carbons (Fsp3) is 0.0588. The highest BCUT2D eigenvalue weighted by molar-refractivity contribution is 8.00. The predicted molar refractivity (Wildman–Crippen MR) is 163 cm³/mol. The van der Waals surface area contributed by atoms with Crippen molar-refractivity contribution in [1.82, 2.24) is 14.5 Å². The molecule has 0 saturated heterocycles. The molecule has 1 aliphatic carbocycles. The minimum absolute atomic E-state index is 0.283. The van der Waals surface area contributed by atoms with Crippen molar-refractivity contribution < 1.29 is 0 Å². The van der Waals surface area contributed by atoms with Gasteiger partial charge in [-0.1, -0.05) is 103 Å². The number of nitrogens with zero attached hydrogens (tertiary/aromatic N) is 3. The van der Waals surface area contributed by atoms with Crippen LogP contribution in [0.15, 0.2) is 108 Å². The summed E-state index contributed by atoms with van der Waals surface area (Å²) in [6, 6.07) is 34.2. The molecule has 2 aromatic heterocycles. The van der Waals surface area contributed by atoms with Gasteiger partial charge in [0, 0.05) is 26.8 Å². The Bertz CT molecular complexity index is 2200. The van der Waals surface area contributed by atoms with Crippen molar-refractivity contribution in [2.24, 2.45) is 0 Å². The molecule has 0 radical (unpaired) electrons. The fourth-order valence-corrected chi connectivity index (χ4v) is 8.40. The summed E-state index contributed by atoms with van der Waals surface area (Å²) in [5.74, 6) is 0.954. The third kappa shape index (κ3) is 2.90. The Morgan fingerprint density at radius 2 is 1.41 bits per heavy atom. The Morgan fingerprint density at radius 3 is 2.28 bits per heavy atom. The molecular weight excluding hydrogens is 518 g/mol. The van der Waals surface area contributed by atoms with Crippen LogP contribution >= 0.6 is 23.4 Å². The highest BCUT2D eigenvalue weighted by Crippen LogP contribution is 2.58. The number of hydrogen-bond donors (Lipinski definition) is 0. The van der Waals surface area contributed by atoms with Crippen molar-refractivity contribution in [3.8, 4) is 5.82 Å². The lowest BCUT2D eigenvalue weighted by Gasteiger charge is -2.24. The van der Waals surface area contributed by atoms with E-state index in [1.165, 1.54) is 48.6 Å². The van der Waals surface area contributed by atoms with Gasteiger partial charge in [0.2, 0.25) is 0 Å². The van der Waals surface area contributed by atoms with Gasteiger partial charge in [0.15, 0.2) is 11.0 Å². The second kappa shape index (κ2) is 7.95. The molecule has 7 aromatic rings. The van der Waals surface area contributed by atoms with Gasteiger partial charge in [0.1, 0.15) is 0 Å². The van der Waals surface area contributed by atoms with Gasteiger partial charge in [-0.15, -0.1) is 11.8 Å². The average Bonchev–Trinajstić information content (AvgIpc) is 3.54. The van der Waals surface area contributed by atoms with Crippen LogP contribution in [-0.4, -0.2) is 19.8 Å². The first kappa shape index (κ1) is 21.8. The van der Waals surface area contributed by atoms with E-state index in [2.05, 4.69) is 89.5 Å². The third-order valence-corrected chi connectivity index (χ3v) is 9.84. The summed E-state index contributed by atoms with van der Waals surface area (Å²) in [5, 5.41) is 5.76. The summed E-state index contributed by atoms with van der Waals surface area (Å²) in [6.45, 7) is 0. The van der Waals surface area contributed by atoms with Crippen molar-refractivity contribution >= 4 is 73.1 Å². The van der Waals surface area contributed by atoms with Crippen LogP contribution in [0.5, 0.6) is 0 Å². The van der Waals surface area contributed by atoms with Gasteiger partial charge in [0.05, 0.1) is 22.1 Å². The van der Waals surface area contributed by atoms with Gasteiger partial charge < -0.3 is 0 Å². The summed E-state index contributed by atoms with van der Waals surface area (Å²) < 4.78 is 2.26. The third-order valence-electron chi connectivity index (χ3n) is 8.23. The van der Waals surface area contributed by atoms with Gasteiger partial charge >= 0.3 is 0 Å². The van der Waals surface area contributed by atoms with E-state index in [4.69, 9.17) is 21.6 Å². The number of halogens is 1. The Kier molecular flexibility index (Phi) is 4.44. The highest BCUT2D eigenvalue weighted by Gasteiger charge is 2.40. The maximum atomic E-state index is 6.94. The molecule has 184 valence electrons. The molecule has 0 fully saturated rings. The van der Waals surface area contributed by atoms with Crippen LogP contribution in [0.25, 0.3) is 55.5 Å². The molecule has 39 heavy (non-hydrogen) atoms. The second-order valence-corrected chi connectivity index (χ2v) is 11.8. The Hall–Kier alpha value is -4.12. The summed E-state index contributed by atoms with van der Waals surface area (Å²) in [5.41, 5.74) is 7.99. The highest BCUT2D eigenvalue weighted by atomic mass is 35.5. The molecule has 2 atom stereocenters. The zero-order valence-electron chi connectivity index (χ0n) is 20.7. The Labute approximate surface area is 233 Å². The summed E-state index contributed by atoms with van der Waals surface area (Å²) in [6.07, 6.45) is 4.67. The van der Waals surface area contributed by atoms with Gasteiger partial charge in [-0.05, 0) is 45.7 Å². The molecule has 9 rings (SSSR count). The SMILES string of the molecule is Clc1nc2ccccc2nc1-n1c2ccccc2c2c3ccccc3c3c(c21)SC1C=Cc2ccccc2C31. The van der Waals surface area contributed by atoms with E-state index in [0.717, 1.165) is 16.6 Å². The Morgan fingerprint density at radius 1 is 0.718 bits per heavy atom. The number of thioether (sulfide) groups is 1. The van der Waals surface area contributed by atoms with Crippen LogP contribution < -0.4 is 0 Å². The first-order valence-electron chi connectivity index (χ1n) is 13.1. The van der Waals surface area contributed by atoms with E-state index in [1.54, 1.807) is 0 Å². The van der Waals surface area contributed by atoms with E-state index in [1.807, 2.05) is 36.0 Å². The molecule has 5 heteroatoms. The smallest absolute Gasteiger partial charge is 0.176 e. The minimum Gasteiger partial charge on any atom is -0.290 e. The van der Waals surface area contributed by atoms with Crippen LogP contribution in [0.3, 0.4) is 0 Å². The second-order valence-electron chi connectivity index (χ2n) is 10.2. The zero-order chi connectivity index (χ0) is 25.7. The van der Waals surface area contributed by atoms with Crippen LogP contribution in [0.4, 0.5) is 0 Å². The van der Waals surface area contributed by atoms with E-state index in [-0.39, 0.29) is 5.92 Å². The molecular formula is C34H20ClN3S. The fourth-order valence-electron chi connectivity index (χ4n) is 6.67. The van der Waals surface area contributed by atoms with Crippen molar-refractivity contribution in [3.05, 3.63) is 125 Å². The van der Waals surface area contributed by atoms with E-state index in [0.29, 0.717) is 16.2 Å². The number of benzene rings is 5. The summed E-state index contributed by atoms with van der Waals surface area (Å²) >= 11 is 8.90. The lowest BCUT2D eigenvalue weighted by molar-refractivity contribution is 0.853. The lowest BCUT2D eigenvalue weighted by Crippen LogP contribution is -2.14. The normalized spacial score (nSPS) is 17.7. The minimum atomic E-state index is 0.283. The van der Waals surface area contributed by atoms with Crippen LogP contribution in [0.2, 0.25) is 5.15 Å². The molecule has 2 aliphatic rings. The first-order chi connectivity index (χ1) is 19.3. The van der Waals surface area contributed by atoms with Gasteiger partial charge in [0.25, 0.3) is 0 Å². The average molecular weight is 538 g/mol. The van der Waals surface area contributed by atoms with Crippen molar-refractivity contribution in [1.29, 1.82) is 0 Å². The van der Waals surface area contributed by atoms with Crippen molar-refractivity contribution in [2.75, 3.05) is 0 Å². The quantitative estimate of drug-likeness (QED) is 0.209. The van der Waals surface area contributed by atoms with Crippen LogP contribution in [-0.2, 0) is 0 Å². The number of hydrogen-bond acceptors (Lipinski definition) is 3. The monoisotopic (exact) mass is 537 g/mol. The zero-order valence-corrected chi connectivity index (χ0v) is 22.2. The number of rotatable bonds is 1. The standard InChI is InChI=1S/C34H20ClN3S/c35-33-34(37-25-15-7-6-14-24(25)36-33)38-26-16-8-5-13-23(26)28-21-11-3-4-12-22(21)30-29-20-10-2-1-9-19(20)17-18-27(29)39-32(30)31(28)38/h1-18,27,29H. The molecule has 0 spiro atoms. The van der Waals surface area contributed by atoms with Crippen molar-refractivity contribution in [3.63, 3.8) is 0 Å². The number of para-hydroxylation sites is 3. The summed E-state index contributed by atoms with van der Waals surface area (Å²) in [4.78, 5) is 11.2. The maximum Gasteiger partial charge on any atom is 0.176 e. The molecule has 3 heterocycles. The van der Waals surface area contributed by atoms with E-state index < -0.39 is 0 Å². The molecule has 0 amide bonds. The number of aromatic nitrogens is 3. The maximum absolute atomic E-state index is 6.94. The number of fused-ring (bicyclic) bond motifs is 13. The molecule has 5 aromatic carbocycles. The van der Waals surface area contributed by atoms with Gasteiger partial charge in [-0.25, -0.2) is 9.97 Å². The molecule has 0 N–H and O–H groups in total. The summed E-state index contributed by atoms with van der Waals surface area (Å²) in [7, 11) is 0. The van der Waals surface area contributed by atoms with Gasteiger partial charge in [-0.2, -0.15) is 0 Å². The molecule has 0 bridgehead atoms. The topological polar surface area (TPSA) is 30.7 Å². The first-order valence-corrected chi connectivity index (χ1v) is 14.4. The molecule has 0 saturated carbocycles. The van der Waals surface area contributed by atoms with Crippen molar-refractivity contribution in [2.45, 2.75) is 16.1 Å².